The molecule has 0 saturated heterocycles. The number of nitrogens with zero attached hydrogens (tertiary/aromatic N) is 1. The quantitative estimate of drug-likeness (QED) is 0.824. The van der Waals surface area contributed by atoms with Gasteiger partial charge in [-0.15, -0.1) is 0 Å². The van der Waals surface area contributed by atoms with Gasteiger partial charge in [-0.3, -0.25) is 4.90 Å². The highest BCUT2D eigenvalue weighted by molar-refractivity contribution is 5.41. The number of hydrogen-bond acceptors (Lipinski definition) is 5. The Bertz CT molecular complexity index is 719. The monoisotopic (exact) mass is 357 g/mol. The zero-order valence-electron chi connectivity index (χ0n) is 15.5. The largest absolute Gasteiger partial charge is 0.497 e. The number of fused-ring (bicyclic) bond motifs is 1. The molecule has 1 heterocycles. The normalized spacial score (nSPS) is 17.1. The number of ether oxygens (including phenoxy) is 3. The SMILES string of the molecule is CCC1CN(Cc2cccc(OCCO)c2)Cc2cc(OC)ccc2O1. The summed E-state index contributed by atoms with van der Waals surface area (Å²) in [4.78, 5) is 2.39. The smallest absolute Gasteiger partial charge is 0.124 e. The van der Waals surface area contributed by atoms with Gasteiger partial charge in [0.15, 0.2) is 0 Å². The summed E-state index contributed by atoms with van der Waals surface area (Å²) in [5.74, 6) is 2.58. The summed E-state index contributed by atoms with van der Waals surface area (Å²) in [5.41, 5.74) is 2.33. The van der Waals surface area contributed by atoms with Crippen LogP contribution in [0.1, 0.15) is 24.5 Å². The maximum absolute atomic E-state index is 8.92. The molecular weight excluding hydrogens is 330 g/mol. The molecule has 1 aliphatic heterocycles. The van der Waals surface area contributed by atoms with E-state index in [9.17, 15) is 0 Å². The summed E-state index contributed by atoms with van der Waals surface area (Å²) >= 11 is 0. The summed E-state index contributed by atoms with van der Waals surface area (Å²) < 4.78 is 17.1. The predicted molar refractivity (Wildman–Crippen MR) is 101 cm³/mol. The molecule has 0 bridgehead atoms. The second-order valence-electron chi connectivity index (χ2n) is 6.51. The van der Waals surface area contributed by atoms with Gasteiger partial charge in [0, 0.05) is 25.2 Å². The van der Waals surface area contributed by atoms with Crippen LogP contribution in [0.2, 0.25) is 0 Å². The Kier molecular flexibility index (Phi) is 6.36. The van der Waals surface area contributed by atoms with Gasteiger partial charge in [-0.2, -0.15) is 0 Å². The highest BCUT2D eigenvalue weighted by atomic mass is 16.5. The van der Waals surface area contributed by atoms with E-state index in [4.69, 9.17) is 19.3 Å². The molecule has 3 rings (SSSR count). The standard InChI is InChI=1S/C21H27NO4/c1-3-18-15-22(13-16-5-4-6-20(11-16)25-10-9-23)14-17-12-19(24-2)7-8-21(17)26-18/h4-8,11-12,18,23H,3,9-10,13-15H2,1-2H3. The minimum absolute atomic E-state index is 0.0183. The van der Waals surface area contributed by atoms with Crippen molar-refractivity contribution in [2.75, 3.05) is 26.9 Å². The highest BCUT2D eigenvalue weighted by Crippen LogP contribution is 2.30. The molecule has 0 spiro atoms. The van der Waals surface area contributed by atoms with Crippen LogP contribution in [0.15, 0.2) is 42.5 Å². The molecule has 5 heteroatoms. The average Bonchev–Trinajstić information content (AvgIpc) is 2.84. The molecule has 26 heavy (non-hydrogen) atoms. The van der Waals surface area contributed by atoms with Crippen molar-refractivity contribution in [3.8, 4) is 17.2 Å². The van der Waals surface area contributed by atoms with E-state index in [1.165, 1.54) is 5.56 Å². The molecule has 140 valence electrons. The number of hydrogen-bond donors (Lipinski definition) is 1. The molecule has 5 nitrogen and oxygen atoms in total. The van der Waals surface area contributed by atoms with Crippen molar-refractivity contribution in [3.63, 3.8) is 0 Å². The van der Waals surface area contributed by atoms with Crippen LogP contribution in [0.4, 0.5) is 0 Å². The molecule has 2 aromatic carbocycles. The molecule has 0 saturated carbocycles. The van der Waals surface area contributed by atoms with Gasteiger partial charge in [0.1, 0.15) is 30.0 Å². The molecule has 1 aliphatic rings. The first-order chi connectivity index (χ1) is 12.7. The molecule has 0 aromatic heterocycles. The van der Waals surface area contributed by atoms with Crippen LogP contribution in [-0.4, -0.2) is 43.0 Å². The summed E-state index contributed by atoms with van der Waals surface area (Å²) in [6.45, 7) is 4.98. The van der Waals surface area contributed by atoms with E-state index in [0.717, 1.165) is 48.9 Å². The van der Waals surface area contributed by atoms with Crippen molar-refractivity contribution < 1.29 is 19.3 Å². The molecule has 0 fully saturated rings. The Morgan fingerprint density at radius 3 is 2.85 bits per heavy atom. The van der Waals surface area contributed by atoms with Gasteiger partial charge in [0.2, 0.25) is 0 Å². The van der Waals surface area contributed by atoms with E-state index in [2.05, 4.69) is 24.0 Å². The number of methoxy groups -OCH3 is 1. The van der Waals surface area contributed by atoms with Gasteiger partial charge in [-0.1, -0.05) is 19.1 Å². The third-order valence-corrected chi connectivity index (χ3v) is 4.54. The molecule has 1 unspecified atom stereocenters. The molecule has 1 N–H and O–H groups in total. The third-order valence-electron chi connectivity index (χ3n) is 4.54. The molecule has 0 aliphatic carbocycles. The van der Waals surface area contributed by atoms with Crippen molar-refractivity contribution in [1.29, 1.82) is 0 Å². The molecule has 2 aromatic rings. The lowest BCUT2D eigenvalue weighted by Gasteiger charge is -2.23. The summed E-state index contributed by atoms with van der Waals surface area (Å²) in [6.07, 6.45) is 1.13. The predicted octanol–water partition coefficient (Wildman–Crippen LogP) is 3.24. The van der Waals surface area contributed by atoms with E-state index < -0.39 is 0 Å². The van der Waals surface area contributed by atoms with Crippen molar-refractivity contribution in [2.45, 2.75) is 32.5 Å². The zero-order valence-corrected chi connectivity index (χ0v) is 15.5. The summed E-state index contributed by atoms with van der Waals surface area (Å²) in [7, 11) is 1.68. The van der Waals surface area contributed by atoms with Crippen LogP contribution in [0.3, 0.4) is 0 Å². The van der Waals surface area contributed by atoms with Gasteiger partial charge in [-0.25, -0.2) is 0 Å². The van der Waals surface area contributed by atoms with Crippen LogP contribution in [-0.2, 0) is 13.1 Å². The Balaban J connectivity index is 1.78. The van der Waals surface area contributed by atoms with E-state index >= 15 is 0 Å². The lowest BCUT2D eigenvalue weighted by Crippen LogP contribution is -2.32. The Hall–Kier alpha value is -2.24. The average molecular weight is 357 g/mol. The van der Waals surface area contributed by atoms with Gasteiger partial charge < -0.3 is 19.3 Å². The number of benzene rings is 2. The summed E-state index contributed by atoms with van der Waals surface area (Å²) in [5, 5.41) is 8.92. The Morgan fingerprint density at radius 2 is 2.08 bits per heavy atom. The van der Waals surface area contributed by atoms with Gasteiger partial charge in [0.25, 0.3) is 0 Å². The van der Waals surface area contributed by atoms with Crippen LogP contribution in [0.25, 0.3) is 0 Å². The molecule has 0 amide bonds. The fraction of sp³-hybridized carbons (Fsp3) is 0.429. The van der Waals surface area contributed by atoms with E-state index in [1.54, 1.807) is 7.11 Å². The number of aliphatic hydroxyl groups excluding tert-OH is 1. The topological polar surface area (TPSA) is 51.2 Å². The van der Waals surface area contributed by atoms with Crippen molar-refractivity contribution >= 4 is 0 Å². The lowest BCUT2D eigenvalue weighted by atomic mass is 10.1. The maximum Gasteiger partial charge on any atom is 0.124 e. The van der Waals surface area contributed by atoms with Crippen molar-refractivity contribution in [3.05, 3.63) is 53.6 Å². The molecule has 0 radical (unpaired) electrons. The number of rotatable bonds is 7. The van der Waals surface area contributed by atoms with Gasteiger partial charge in [0.05, 0.1) is 13.7 Å². The minimum atomic E-state index is 0.0183. The van der Waals surface area contributed by atoms with Gasteiger partial charge >= 0.3 is 0 Å². The fourth-order valence-electron chi connectivity index (χ4n) is 3.22. The van der Waals surface area contributed by atoms with Crippen LogP contribution < -0.4 is 14.2 Å². The highest BCUT2D eigenvalue weighted by Gasteiger charge is 2.22. The van der Waals surface area contributed by atoms with E-state index in [0.29, 0.717) is 6.61 Å². The van der Waals surface area contributed by atoms with Crippen molar-refractivity contribution in [1.82, 2.24) is 4.90 Å². The number of aliphatic hydroxyl groups is 1. The van der Waals surface area contributed by atoms with Crippen molar-refractivity contribution in [2.24, 2.45) is 0 Å². The maximum atomic E-state index is 8.92. The third kappa shape index (κ3) is 4.68. The lowest BCUT2D eigenvalue weighted by molar-refractivity contribution is 0.139. The Labute approximate surface area is 155 Å². The van der Waals surface area contributed by atoms with Crippen LogP contribution >= 0.6 is 0 Å². The van der Waals surface area contributed by atoms with E-state index in [1.807, 2.05) is 30.3 Å². The molecule has 1 atom stereocenters. The second kappa shape index (κ2) is 8.92. The first kappa shape index (κ1) is 18.5. The Morgan fingerprint density at radius 1 is 1.19 bits per heavy atom. The molecular formula is C21H27NO4. The fourth-order valence-corrected chi connectivity index (χ4v) is 3.22. The first-order valence-corrected chi connectivity index (χ1v) is 9.10. The van der Waals surface area contributed by atoms with Crippen LogP contribution in [0.5, 0.6) is 17.2 Å². The van der Waals surface area contributed by atoms with Gasteiger partial charge in [-0.05, 0) is 42.3 Å². The second-order valence-corrected chi connectivity index (χ2v) is 6.51. The summed E-state index contributed by atoms with van der Waals surface area (Å²) in [6, 6.07) is 14.1. The minimum Gasteiger partial charge on any atom is -0.497 e. The zero-order chi connectivity index (χ0) is 18.4. The first-order valence-electron chi connectivity index (χ1n) is 9.10. The van der Waals surface area contributed by atoms with Crippen LogP contribution in [0, 0.1) is 0 Å². The van der Waals surface area contributed by atoms with E-state index in [-0.39, 0.29) is 12.7 Å².